The third-order valence-corrected chi connectivity index (χ3v) is 4.27. The molecule has 7 nitrogen and oxygen atoms in total. The summed E-state index contributed by atoms with van der Waals surface area (Å²) < 4.78 is 14.2. The van der Waals surface area contributed by atoms with Crippen LogP contribution in [-0.2, 0) is 9.59 Å². The maximum absolute atomic E-state index is 14.2. The van der Waals surface area contributed by atoms with Crippen molar-refractivity contribution in [3.05, 3.63) is 29.6 Å². The van der Waals surface area contributed by atoms with Crippen molar-refractivity contribution in [1.82, 2.24) is 10.2 Å². The fourth-order valence-electron chi connectivity index (χ4n) is 2.84. The summed E-state index contributed by atoms with van der Waals surface area (Å²) in [5.41, 5.74) is -1.07. The number of nitrogens with one attached hydrogen (secondary N) is 2. The van der Waals surface area contributed by atoms with Crippen LogP contribution in [0.1, 0.15) is 50.4 Å². The summed E-state index contributed by atoms with van der Waals surface area (Å²) in [5.74, 6) is -2.38. The number of benzene rings is 1. The van der Waals surface area contributed by atoms with Gasteiger partial charge in [0.1, 0.15) is 11.4 Å². The first-order chi connectivity index (χ1) is 12.2. The summed E-state index contributed by atoms with van der Waals surface area (Å²) in [4.78, 5) is 48.8. The highest BCUT2D eigenvalue weighted by molar-refractivity contribution is 6.11. The van der Waals surface area contributed by atoms with E-state index in [-0.39, 0.29) is 17.2 Å². The van der Waals surface area contributed by atoms with E-state index in [0.29, 0.717) is 6.42 Å². The highest BCUT2D eigenvalue weighted by Crippen LogP contribution is 2.24. The van der Waals surface area contributed by atoms with Crippen molar-refractivity contribution in [1.29, 1.82) is 0 Å². The number of hydrogen-bond donors (Lipinski definition) is 2. The molecular formula is C18H22FN3O4. The SMILES string of the molecule is CCCC[C@]1(C)NC(=O)N(CC(=O)c2ccc(NC(C)=O)cc2F)C1=O. The molecule has 1 atom stereocenters. The molecule has 4 amide bonds. The Kier molecular flexibility index (Phi) is 5.74. The van der Waals surface area contributed by atoms with Gasteiger partial charge in [-0.15, -0.1) is 0 Å². The van der Waals surface area contributed by atoms with Crippen LogP contribution < -0.4 is 10.6 Å². The monoisotopic (exact) mass is 363 g/mol. The highest BCUT2D eigenvalue weighted by atomic mass is 19.1. The first-order valence-corrected chi connectivity index (χ1v) is 8.42. The lowest BCUT2D eigenvalue weighted by Crippen LogP contribution is -2.44. The molecule has 0 aromatic heterocycles. The van der Waals surface area contributed by atoms with Crippen molar-refractivity contribution in [2.24, 2.45) is 0 Å². The zero-order chi connectivity index (χ0) is 19.5. The van der Waals surface area contributed by atoms with Gasteiger partial charge in [0.2, 0.25) is 5.91 Å². The predicted octanol–water partition coefficient (Wildman–Crippen LogP) is 2.47. The molecule has 140 valence electrons. The molecule has 0 bridgehead atoms. The minimum Gasteiger partial charge on any atom is -0.326 e. The van der Waals surface area contributed by atoms with Crippen LogP contribution in [0, 0.1) is 5.82 Å². The maximum Gasteiger partial charge on any atom is 0.325 e. The second-order valence-corrected chi connectivity index (χ2v) is 6.56. The number of urea groups is 1. The number of Topliss-reactive ketones (excluding diaryl/α,β-unsaturated/α-hetero) is 1. The molecule has 1 aromatic rings. The molecule has 0 aliphatic carbocycles. The Morgan fingerprint density at radius 1 is 1.31 bits per heavy atom. The Morgan fingerprint density at radius 3 is 2.58 bits per heavy atom. The number of halogens is 1. The van der Waals surface area contributed by atoms with Crippen LogP contribution in [-0.4, -0.2) is 40.6 Å². The van der Waals surface area contributed by atoms with E-state index in [1.165, 1.54) is 19.1 Å². The predicted molar refractivity (Wildman–Crippen MR) is 93.2 cm³/mol. The summed E-state index contributed by atoms with van der Waals surface area (Å²) in [6, 6.07) is 2.97. The first-order valence-electron chi connectivity index (χ1n) is 8.42. The minimum absolute atomic E-state index is 0.216. The quantitative estimate of drug-likeness (QED) is 0.575. The van der Waals surface area contributed by atoms with Crippen molar-refractivity contribution in [2.45, 2.75) is 45.6 Å². The molecule has 0 radical (unpaired) electrons. The zero-order valence-corrected chi connectivity index (χ0v) is 15.0. The highest BCUT2D eigenvalue weighted by Gasteiger charge is 2.47. The zero-order valence-electron chi connectivity index (χ0n) is 15.0. The molecule has 0 spiro atoms. The van der Waals surface area contributed by atoms with E-state index in [0.717, 1.165) is 23.8 Å². The van der Waals surface area contributed by atoms with Crippen LogP contribution >= 0.6 is 0 Å². The molecule has 2 rings (SSSR count). The Bertz CT molecular complexity index is 765. The largest absolute Gasteiger partial charge is 0.326 e. The molecule has 26 heavy (non-hydrogen) atoms. The standard InChI is InChI=1S/C18H22FN3O4/c1-4-5-8-18(3)16(25)22(17(26)21-18)10-15(24)13-7-6-12(9-14(13)19)20-11(2)23/h6-7,9H,4-5,8,10H2,1-3H3,(H,20,23)(H,21,26)/t18-/m0/s1. The molecule has 8 heteroatoms. The average molecular weight is 363 g/mol. The smallest absolute Gasteiger partial charge is 0.325 e. The van der Waals surface area contributed by atoms with E-state index in [2.05, 4.69) is 10.6 Å². The van der Waals surface area contributed by atoms with Crippen molar-refractivity contribution in [3.63, 3.8) is 0 Å². The maximum atomic E-state index is 14.2. The second kappa shape index (κ2) is 7.63. The van der Waals surface area contributed by atoms with Crippen LogP contribution in [0.2, 0.25) is 0 Å². The molecule has 1 aliphatic rings. The lowest BCUT2D eigenvalue weighted by molar-refractivity contribution is -0.130. The molecule has 0 saturated carbocycles. The molecule has 1 fully saturated rings. The molecule has 2 N–H and O–H groups in total. The molecule has 1 saturated heterocycles. The summed E-state index contributed by atoms with van der Waals surface area (Å²) >= 11 is 0. The second-order valence-electron chi connectivity index (χ2n) is 6.56. The van der Waals surface area contributed by atoms with E-state index >= 15 is 0 Å². The molecular weight excluding hydrogens is 341 g/mol. The Hall–Kier alpha value is -2.77. The fraction of sp³-hybridized carbons (Fsp3) is 0.444. The topological polar surface area (TPSA) is 95.6 Å². The number of rotatable bonds is 7. The van der Waals surface area contributed by atoms with Gasteiger partial charge in [-0.05, 0) is 31.5 Å². The third-order valence-electron chi connectivity index (χ3n) is 4.27. The van der Waals surface area contributed by atoms with Gasteiger partial charge in [0.05, 0.1) is 12.1 Å². The number of ketones is 1. The average Bonchev–Trinajstić information content (AvgIpc) is 2.76. The number of carbonyl (C=O) groups excluding carboxylic acids is 4. The Balaban J connectivity index is 2.13. The van der Waals surface area contributed by atoms with Crippen LogP contribution in [0.25, 0.3) is 0 Å². The third kappa shape index (κ3) is 4.07. The first kappa shape index (κ1) is 19.6. The number of carbonyl (C=O) groups is 4. The number of anilines is 1. The van der Waals surface area contributed by atoms with E-state index in [9.17, 15) is 23.6 Å². The number of imide groups is 1. The fourth-order valence-corrected chi connectivity index (χ4v) is 2.84. The van der Waals surface area contributed by atoms with E-state index < -0.39 is 35.6 Å². The number of nitrogens with zero attached hydrogens (tertiary/aromatic N) is 1. The van der Waals surface area contributed by atoms with Gasteiger partial charge in [-0.2, -0.15) is 0 Å². The molecule has 1 aromatic carbocycles. The van der Waals surface area contributed by atoms with Crippen LogP contribution in [0.3, 0.4) is 0 Å². The van der Waals surface area contributed by atoms with Gasteiger partial charge in [-0.25, -0.2) is 9.18 Å². The van der Waals surface area contributed by atoms with Crippen LogP contribution in [0.4, 0.5) is 14.9 Å². The van der Waals surface area contributed by atoms with Crippen molar-refractivity contribution in [2.75, 3.05) is 11.9 Å². The summed E-state index contributed by atoms with van der Waals surface area (Å²) in [6.07, 6.45) is 2.09. The number of hydrogen-bond acceptors (Lipinski definition) is 4. The van der Waals surface area contributed by atoms with Crippen molar-refractivity contribution >= 4 is 29.3 Å². The van der Waals surface area contributed by atoms with Gasteiger partial charge < -0.3 is 10.6 Å². The van der Waals surface area contributed by atoms with Gasteiger partial charge >= 0.3 is 6.03 Å². The van der Waals surface area contributed by atoms with Gasteiger partial charge in [0.15, 0.2) is 5.78 Å². The summed E-state index contributed by atoms with van der Waals surface area (Å²) in [5, 5.41) is 5.02. The summed E-state index contributed by atoms with van der Waals surface area (Å²) in [6.45, 7) is 4.34. The van der Waals surface area contributed by atoms with E-state index in [1.807, 2.05) is 6.92 Å². The van der Waals surface area contributed by atoms with E-state index in [1.54, 1.807) is 6.92 Å². The lowest BCUT2D eigenvalue weighted by atomic mass is 9.95. The Morgan fingerprint density at radius 2 is 2.00 bits per heavy atom. The lowest BCUT2D eigenvalue weighted by Gasteiger charge is -2.21. The minimum atomic E-state index is -1.04. The molecule has 1 aliphatic heterocycles. The molecule has 1 heterocycles. The van der Waals surface area contributed by atoms with Gasteiger partial charge in [0.25, 0.3) is 5.91 Å². The van der Waals surface area contributed by atoms with Gasteiger partial charge in [0, 0.05) is 12.6 Å². The van der Waals surface area contributed by atoms with Crippen molar-refractivity contribution < 1.29 is 23.6 Å². The number of unbranched alkanes of at least 4 members (excludes halogenated alkanes) is 1. The normalized spacial score (nSPS) is 19.5. The number of amides is 4. The Labute approximate surface area is 150 Å². The van der Waals surface area contributed by atoms with Crippen LogP contribution in [0.15, 0.2) is 18.2 Å². The van der Waals surface area contributed by atoms with Crippen LogP contribution in [0.5, 0.6) is 0 Å². The van der Waals surface area contributed by atoms with Crippen molar-refractivity contribution in [3.8, 4) is 0 Å². The summed E-state index contributed by atoms with van der Waals surface area (Å²) in [7, 11) is 0. The van der Waals surface area contributed by atoms with E-state index in [4.69, 9.17) is 0 Å². The van der Waals surface area contributed by atoms with Gasteiger partial charge in [-0.1, -0.05) is 19.8 Å². The molecule has 0 unspecified atom stereocenters. The van der Waals surface area contributed by atoms with Gasteiger partial charge in [-0.3, -0.25) is 19.3 Å².